The minimum absolute atomic E-state index is 0.236. The Morgan fingerprint density at radius 3 is 2.61 bits per heavy atom. The summed E-state index contributed by atoms with van der Waals surface area (Å²) in [6.45, 7) is 9.22. The molecule has 0 fully saturated rings. The fourth-order valence-electron chi connectivity index (χ4n) is 3.07. The number of benzene rings is 1. The summed E-state index contributed by atoms with van der Waals surface area (Å²) in [7, 11) is 0. The lowest BCUT2D eigenvalue weighted by Gasteiger charge is -2.24. The minimum Gasteiger partial charge on any atom is -0.461 e. The first-order valence-electron chi connectivity index (χ1n) is 10.6. The molecule has 0 aliphatic heterocycles. The van der Waals surface area contributed by atoms with E-state index in [1.165, 1.54) is 0 Å². The van der Waals surface area contributed by atoms with Gasteiger partial charge in [-0.15, -0.1) is 0 Å². The van der Waals surface area contributed by atoms with Gasteiger partial charge >= 0.3 is 12.1 Å². The van der Waals surface area contributed by atoms with E-state index in [0.29, 0.717) is 11.2 Å². The van der Waals surface area contributed by atoms with Gasteiger partial charge in [0.1, 0.15) is 23.4 Å². The third kappa shape index (κ3) is 7.89. The van der Waals surface area contributed by atoms with Crippen molar-refractivity contribution < 1.29 is 19.1 Å². The lowest BCUT2D eigenvalue weighted by atomic mass is 10.0. The summed E-state index contributed by atoms with van der Waals surface area (Å²) < 4.78 is 10.9. The number of nitrogens with one attached hydrogen (secondary N) is 1. The molecule has 0 spiro atoms. The number of amides is 1. The van der Waals surface area contributed by atoms with Crippen LogP contribution in [0.5, 0.6) is 0 Å². The van der Waals surface area contributed by atoms with Crippen LogP contribution in [0.1, 0.15) is 65.1 Å². The van der Waals surface area contributed by atoms with E-state index in [2.05, 4.69) is 17.2 Å². The van der Waals surface area contributed by atoms with Crippen molar-refractivity contribution in [2.24, 2.45) is 0 Å². The molecule has 0 saturated heterocycles. The van der Waals surface area contributed by atoms with E-state index >= 15 is 0 Å². The second kappa shape index (κ2) is 10.8. The highest BCUT2D eigenvalue weighted by atomic mass is 16.6. The third-order valence-corrected chi connectivity index (χ3v) is 4.57. The summed E-state index contributed by atoms with van der Waals surface area (Å²) in [6.07, 6.45) is 2.08. The molecule has 1 N–H and O–H groups in total. The van der Waals surface area contributed by atoms with E-state index in [9.17, 15) is 9.59 Å². The first-order valence-corrected chi connectivity index (χ1v) is 10.6. The van der Waals surface area contributed by atoms with Crippen molar-refractivity contribution in [2.45, 2.75) is 78.0 Å². The molecule has 0 saturated carbocycles. The molecule has 7 heteroatoms. The number of unbranched alkanes of at least 4 members (excludes halogenated alkanes) is 1. The van der Waals surface area contributed by atoms with E-state index in [1.54, 1.807) is 32.9 Å². The number of nitriles is 1. The summed E-state index contributed by atoms with van der Waals surface area (Å²) >= 11 is 0. The lowest BCUT2D eigenvalue weighted by Crippen LogP contribution is -2.46. The van der Waals surface area contributed by atoms with Gasteiger partial charge in [0.2, 0.25) is 0 Å². The molecule has 0 bridgehead atoms. The highest BCUT2D eigenvalue weighted by molar-refractivity contribution is 5.83. The Hall–Kier alpha value is -3.14. The average molecular weight is 426 g/mol. The molecule has 1 aromatic carbocycles. The summed E-state index contributed by atoms with van der Waals surface area (Å²) in [5.41, 5.74) is 1.18. The lowest BCUT2D eigenvalue weighted by molar-refractivity contribution is -0.151. The molecule has 1 aromatic heterocycles. The number of pyridine rings is 1. The molecule has 2 rings (SSSR count). The van der Waals surface area contributed by atoms with Crippen LogP contribution in [-0.2, 0) is 20.7 Å². The number of hydrogen-bond acceptors (Lipinski definition) is 6. The maximum absolute atomic E-state index is 12.8. The van der Waals surface area contributed by atoms with Crippen LogP contribution in [0, 0.1) is 11.3 Å². The SMILES string of the molecule is CCCCC(C)OC(=O)[C@H](Cc1ccc2nc(C#N)ccc2c1)NC(=O)OC(C)(C)C. The molecular formula is C24H31N3O4. The quantitative estimate of drug-likeness (QED) is 0.617. The van der Waals surface area contributed by atoms with Gasteiger partial charge in [0.25, 0.3) is 0 Å². The largest absolute Gasteiger partial charge is 0.461 e. The number of fused-ring (bicyclic) bond motifs is 1. The van der Waals surface area contributed by atoms with E-state index in [-0.39, 0.29) is 12.5 Å². The normalized spacial score (nSPS) is 13.2. The molecule has 2 aromatic rings. The molecule has 7 nitrogen and oxygen atoms in total. The van der Waals surface area contributed by atoms with Crippen LogP contribution in [0.15, 0.2) is 30.3 Å². The second-order valence-corrected chi connectivity index (χ2v) is 8.63. The Labute approximate surface area is 183 Å². The number of esters is 1. The number of nitrogens with zero attached hydrogens (tertiary/aromatic N) is 2. The smallest absolute Gasteiger partial charge is 0.408 e. The Morgan fingerprint density at radius 2 is 1.97 bits per heavy atom. The number of ether oxygens (including phenoxy) is 2. The Kier molecular flexibility index (Phi) is 8.38. The topological polar surface area (TPSA) is 101 Å². The maximum atomic E-state index is 12.8. The Morgan fingerprint density at radius 1 is 1.23 bits per heavy atom. The van der Waals surface area contributed by atoms with Crippen LogP contribution >= 0.6 is 0 Å². The van der Waals surface area contributed by atoms with Crippen molar-refractivity contribution in [3.8, 4) is 6.07 Å². The predicted molar refractivity (Wildman–Crippen MR) is 118 cm³/mol. The van der Waals surface area contributed by atoms with Gasteiger partial charge in [0.05, 0.1) is 11.6 Å². The summed E-state index contributed by atoms with van der Waals surface area (Å²) in [4.78, 5) is 29.4. The van der Waals surface area contributed by atoms with E-state index < -0.39 is 23.7 Å². The molecule has 31 heavy (non-hydrogen) atoms. The molecule has 166 valence electrons. The third-order valence-electron chi connectivity index (χ3n) is 4.57. The number of rotatable bonds is 8. The van der Waals surface area contributed by atoms with Gasteiger partial charge in [-0.05, 0) is 63.9 Å². The van der Waals surface area contributed by atoms with Crippen LogP contribution < -0.4 is 5.32 Å². The fraction of sp³-hybridized carbons (Fsp3) is 0.500. The molecule has 2 atom stereocenters. The van der Waals surface area contributed by atoms with Crippen molar-refractivity contribution in [1.29, 1.82) is 5.26 Å². The summed E-state index contributed by atoms with van der Waals surface area (Å²) in [5.74, 6) is -0.493. The van der Waals surface area contributed by atoms with E-state index in [0.717, 1.165) is 30.2 Å². The number of carbonyl (C=O) groups excluding carboxylic acids is 2. The molecule has 0 radical (unpaired) electrons. The zero-order valence-corrected chi connectivity index (χ0v) is 18.9. The van der Waals surface area contributed by atoms with Crippen LogP contribution in [0.25, 0.3) is 10.9 Å². The minimum atomic E-state index is -0.886. The first-order chi connectivity index (χ1) is 14.6. The van der Waals surface area contributed by atoms with Crippen LogP contribution in [0.4, 0.5) is 4.79 Å². The van der Waals surface area contributed by atoms with Crippen molar-refractivity contribution in [3.63, 3.8) is 0 Å². The number of hydrogen-bond donors (Lipinski definition) is 1. The van der Waals surface area contributed by atoms with Gasteiger partial charge in [-0.2, -0.15) is 5.26 Å². The number of aromatic nitrogens is 1. The molecule has 1 heterocycles. The van der Waals surface area contributed by atoms with Gasteiger partial charge in [0.15, 0.2) is 0 Å². The summed E-state index contributed by atoms with van der Waals surface area (Å²) in [5, 5.41) is 12.5. The van der Waals surface area contributed by atoms with Gasteiger partial charge < -0.3 is 14.8 Å². The summed E-state index contributed by atoms with van der Waals surface area (Å²) in [6, 6.07) is 10.1. The molecule has 0 aliphatic carbocycles. The van der Waals surface area contributed by atoms with Crippen molar-refractivity contribution in [1.82, 2.24) is 10.3 Å². The average Bonchev–Trinajstić information content (AvgIpc) is 2.69. The van der Waals surface area contributed by atoms with Gasteiger partial charge in [-0.1, -0.05) is 25.8 Å². The molecule has 1 amide bonds. The highest BCUT2D eigenvalue weighted by Gasteiger charge is 2.27. The Bertz CT molecular complexity index is 959. The van der Waals surface area contributed by atoms with Crippen LogP contribution in [-0.4, -0.2) is 34.8 Å². The molecule has 0 aliphatic rings. The monoisotopic (exact) mass is 425 g/mol. The predicted octanol–water partition coefficient (Wildman–Crippen LogP) is 4.66. The van der Waals surface area contributed by atoms with Crippen LogP contribution in [0.2, 0.25) is 0 Å². The fourth-order valence-corrected chi connectivity index (χ4v) is 3.07. The first kappa shape index (κ1) is 24.1. The maximum Gasteiger partial charge on any atom is 0.408 e. The van der Waals surface area contributed by atoms with Crippen molar-refractivity contribution in [2.75, 3.05) is 0 Å². The molecule has 1 unspecified atom stereocenters. The van der Waals surface area contributed by atoms with E-state index in [1.807, 2.05) is 31.2 Å². The van der Waals surface area contributed by atoms with Gasteiger partial charge in [-0.3, -0.25) is 0 Å². The zero-order valence-electron chi connectivity index (χ0n) is 18.9. The molecular weight excluding hydrogens is 394 g/mol. The van der Waals surface area contributed by atoms with Gasteiger partial charge in [-0.25, -0.2) is 14.6 Å². The number of alkyl carbamates (subject to hydrolysis) is 1. The Balaban J connectivity index is 2.20. The standard InChI is InChI=1S/C24H31N3O4/c1-6-7-8-16(2)30-22(28)21(27-23(29)31-24(3,4)5)14-17-9-12-20-18(13-17)10-11-19(15-25)26-20/h9-13,16,21H,6-8,14H2,1-5H3,(H,27,29)/t16?,21-/m0/s1. The van der Waals surface area contributed by atoms with Crippen molar-refractivity contribution in [3.05, 3.63) is 41.6 Å². The van der Waals surface area contributed by atoms with E-state index in [4.69, 9.17) is 14.7 Å². The van der Waals surface area contributed by atoms with Crippen LogP contribution in [0.3, 0.4) is 0 Å². The van der Waals surface area contributed by atoms with Crippen molar-refractivity contribution >= 4 is 23.0 Å². The second-order valence-electron chi connectivity index (χ2n) is 8.63. The van der Waals surface area contributed by atoms with Gasteiger partial charge in [0, 0.05) is 11.8 Å². The zero-order chi connectivity index (χ0) is 23.0. The number of carbonyl (C=O) groups is 2. The highest BCUT2D eigenvalue weighted by Crippen LogP contribution is 2.17.